The summed E-state index contributed by atoms with van der Waals surface area (Å²) in [6, 6.07) is 6.87. The smallest absolute Gasteiger partial charge is 0.253 e. The summed E-state index contributed by atoms with van der Waals surface area (Å²) in [6.45, 7) is 12.3. The number of pyridine rings is 1. The molecule has 1 heterocycles. The van der Waals surface area contributed by atoms with Gasteiger partial charge in [0, 0.05) is 43.1 Å². The van der Waals surface area contributed by atoms with E-state index < -0.39 is 0 Å². The van der Waals surface area contributed by atoms with Gasteiger partial charge in [-0.2, -0.15) is 0 Å². The second kappa shape index (κ2) is 14.8. The molecule has 1 aromatic heterocycles. The minimum atomic E-state index is -0.133. The third kappa shape index (κ3) is 8.77. The molecule has 1 amide bonds. The molecule has 1 aromatic carbocycles. The van der Waals surface area contributed by atoms with Crippen LogP contribution in [0.4, 0.5) is 0 Å². The van der Waals surface area contributed by atoms with Crippen LogP contribution >= 0.6 is 0 Å². The quantitative estimate of drug-likeness (QED) is 0.327. The second-order valence-corrected chi connectivity index (χ2v) is 11.9. The van der Waals surface area contributed by atoms with Gasteiger partial charge in [0.1, 0.15) is 0 Å². The second-order valence-electron chi connectivity index (χ2n) is 11.9. The summed E-state index contributed by atoms with van der Waals surface area (Å²) in [5, 5.41) is 3.00. The summed E-state index contributed by atoms with van der Waals surface area (Å²) in [5.74, 6) is 1.34. The molecule has 0 saturated heterocycles. The largest absolute Gasteiger partial charge is 0.383 e. The molecule has 0 spiro atoms. The molecule has 1 atom stereocenters. The van der Waals surface area contributed by atoms with E-state index in [-0.39, 0.29) is 18.0 Å². The lowest BCUT2D eigenvalue weighted by Crippen LogP contribution is -2.37. The molecular formula is C33H51N3O3. The molecule has 1 fully saturated rings. The van der Waals surface area contributed by atoms with Crippen LogP contribution in [0.3, 0.4) is 0 Å². The van der Waals surface area contributed by atoms with Crippen molar-refractivity contribution in [3.05, 3.63) is 67.6 Å². The number of rotatable bonds is 13. The van der Waals surface area contributed by atoms with Crippen molar-refractivity contribution < 1.29 is 9.53 Å². The van der Waals surface area contributed by atoms with Gasteiger partial charge in [0.2, 0.25) is 0 Å². The Labute approximate surface area is 235 Å². The molecule has 0 radical (unpaired) electrons. The first-order chi connectivity index (χ1) is 18.6. The van der Waals surface area contributed by atoms with Gasteiger partial charge >= 0.3 is 0 Å². The van der Waals surface area contributed by atoms with Crippen molar-refractivity contribution in [3.8, 4) is 0 Å². The van der Waals surface area contributed by atoms with Crippen molar-refractivity contribution >= 4 is 5.91 Å². The number of amides is 1. The van der Waals surface area contributed by atoms with Gasteiger partial charge in [-0.05, 0) is 114 Å². The first kappa shape index (κ1) is 31.1. The lowest BCUT2D eigenvalue weighted by molar-refractivity contribution is 0.0950. The van der Waals surface area contributed by atoms with Gasteiger partial charge in [-0.1, -0.05) is 31.4 Å². The van der Waals surface area contributed by atoms with E-state index in [0.29, 0.717) is 17.5 Å². The molecule has 3 rings (SSSR count). The number of aromatic amines is 1. The van der Waals surface area contributed by atoms with Gasteiger partial charge in [0.25, 0.3) is 11.5 Å². The zero-order valence-corrected chi connectivity index (χ0v) is 25.4. The van der Waals surface area contributed by atoms with Crippen LogP contribution < -0.4 is 10.9 Å². The van der Waals surface area contributed by atoms with Crippen LogP contribution in [0, 0.1) is 39.5 Å². The minimum absolute atomic E-state index is 0.114. The maximum atomic E-state index is 13.2. The number of carbonyl (C=O) groups is 1. The predicted molar refractivity (Wildman–Crippen MR) is 161 cm³/mol. The number of nitrogens with zero attached hydrogens (tertiary/aromatic N) is 1. The van der Waals surface area contributed by atoms with Crippen molar-refractivity contribution in [2.24, 2.45) is 11.8 Å². The van der Waals surface area contributed by atoms with Gasteiger partial charge in [-0.15, -0.1) is 0 Å². The molecule has 1 aliphatic rings. The summed E-state index contributed by atoms with van der Waals surface area (Å²) in [4.78, 5) is 30.9. The van der Waals surface area contributed by atoms with Crippen molar-refractivity contribution in [2.75, 3.05) is 27.3 Å². The Bertz CT molecular complexity index is 1150. The van der Waals surface area contributed by atoms with Crippen LogP contribution in [-0.2, 0) is 17.7 Å². The Balaban J connectivity index is 1.58. The first-order valence-electron chi connectivity index (χ1n) is 14.9. The van der Waals surface area contributed by atoms with Crippen LogP contribution in [-0.4, -0.2) is 49.1 Å². The van der Waals surface area contributed by atoms with E-state index in [4.69, 9.17) is 4.74 Å². The van der Waals surface area contributed by atoms with Gasteiger partial charge in [-0.25, -0.2) is 0 Å². The number of ether oxygens (including phenoxy) is 1. The Kier molecular flexibility index (Phi) is 11.8. The fourth-order valence-electron chi connectivity index (χ4n) is 6.27. The number of carbonyl (C=O) groups excluding carboxylic acids is 1. The zero-order chi connectivity index (χ0) is 28.5. The number of hydrogen-bond donors (Lipinski definition) is 2. The summed E-state index contributed by atoms with van der Waals surface area (Å²) >= 11 is 0. The number of hydrogen-bond acceptors (Lipinski definition) is 4. The summed E-state index contributed by atoms with van der Waals surface area (Å²) < 4.78 is 5.25. The first-order valence-corrected chi connectivity index (χ1v) is 14.9. The highest BCUT2D eigenvalue weighted by Crippen LogP contribution is 2.32. The molecule has 1 aliphatic carbocycles. The average molecular weight is 538 g/mol. The van der Waals surface area contributed by atoms with Crippen LogP contribution in [0.15, 0.2) is 23.0 Å². The number of aromatic nitrogens is 1. The Hall–Kier alpha value is -2.44. The molecule has 216 valence electrons. The van der Waals surface area contributed by atoms with Crippen LogP contribution in [0.5, 0.6) is 0 Å². The summed E-state index contributed by atoms with van der Waals surface area (Å²) in [5.41, 5.74) is 6.37. The van der Waals surface area contributed by atoms with Crippen LogP contribution in [0.25, 0.3) is 0 Å². The molecule has 39 heavy (non-hydrogen) atoms. The SMILES string of the molecule is CCC(CCC1CCC(N(C)CCOC)CC1)Cc1cc(C)cc(C(=O)NCc2c(C)cc(C)[nH]c2=O)c1C. The number of H-pyrrole nitrogens is 1. The maximum absolute atomic E-state index is 13.2. The topological polar surface area (TPSA) is 74.4 Å². The number of likely N-dealkylation sites (N-methyl/N-ethyl adjacent to an activating group) is 1. The summed E-state index contributed by atoms with van der Waals surface area (Å²) in [6.07, 6.45) is 9.96. The van der Waals surface area contributed by atoms with E-state index in [1.54, 1.807) is 7.11 Å². The maximum Gasteiger partial charge on any atom is 0.253 e. The molecule has 6 nitrogen and oxygen atoms in total. The Morgan fingerprint density at radius 3 is 2.49 bits per heavy atom. The zero-order valence-electron chi connectivity index (χ0n) is 25.4. The molecule has 0 aliphatic heterocycles. The highest BCUT2D eigenvalue weighted by Gasteiger charge is 2.25. The molecule has 1 saturated carbocycles. The highest BCUT2D eigenvalue weighted by atomic mass is 16.5. The third-order valence-electron chi connectivity index (χ3n) is 8.98. The molecule has 6 heteroatoms. The van der Waals surface area contributed by atoms with Gasteiger partial charge in [0.15, 0.2) is 0 Å². The molecule has 2 N–H and O–H groups in total. The lowest BCUT2D eigenvalue weighted by Gasteiger charge is -2.35. The number of aryl methyl sites for hydroxylation is 3. The van der Waals surface area contributed by atoms with E-state index in [0.717, 1.165) is 59.9 Å². The molecule has 1 unspecified atom stereocenters. The predicted octanol–water partition coefficient (Wildman–Crippen LogP) is 6.02. The minimum Gasteiger partial charge on any atom is -0.383 e. The van der Waals surface area contributed by atoms with Gasteiger partial charge in [-0.3, -0.25) is 9.59 Å². The number of benzene rings is 1. The molecule has 2 aromatic rings. The molecular weight excluding hydrogens is 486 g/mol. The molecule has 0 bridgehead atoms. The van der Waals surface area contributed by atoms with Crippen LogP contribution in [0.1, 0.15) is 95.7 Å². The normalized spacial score (nSPS) is 18.4. The fraction of sp³-hybridized carbons (Fsp3) is 0.636. The highest BCUT2D eigenvalue weighted by molar-refractivity contribution is 5.96. The number of nitrogens with one attached hydrogen (secondary N) is 2. The van der Waals surface area contributed by atoms with Crippen molar-refractivity contribution in [2.45, 2.75) is 98.6 Å². The van der Waals surface area contributed by atoms with E-state index >= 15 is 0 Å². The Morgan fingerprint density at radius 2 is 1.85 bits per heavy atom. The van der Waals surface area contributed by atoms with Gasteiger partial charge in [0.05, 0.1) is 6.61 Å². The number of methoxy groups -OCH3 is 1. The summed E-state index contributed by atoms with van der Waals surface area (Å²) in [7, 11) is 4.01. The van der Waals surface area contributed by atoms with Crippen molar-refractivity contribution in [3.63, 3.8) is 0 Å². The van der Waals surface area contributed by atoms with E-state index in [1.165, 1.54) is 44.1 Å². The van der Waals surface area contributed by atoms with E-state index in [1.807, 2.05) is 26.0 Å². The van der Waals surface area contributed by atoms with Gasteiger partial charge < -0.3 is 19.9 Å². The van der Waals surface area contributed by atoms with Crippen molar-refractivity contribution in [1.82, 2.24) is 15.2 Å². The third-order valence-corrected chi connectivity index (χ3v) is 8.98. The fourth-order valence-corrected chi connectivity index (χ4v) is 6.27. The lowest BCUT2D eigenvalue weighted by atomic mass is 9.80. The van der Waals surface area contributed by atoms with Crippen LogP contribution in [0.2, 0.25) is 0 Å². The Morgan fingerprint density at radius 1 is 1.13 bits per heavy atom. The standard InChI is InChI=1S/C33H51N3O3/c1-8-26(9-10-27-11-13-29(14-12-27)36(6)15-16-39-7)20-28-17-22(2)18-30(25(28)5)32(37)34-21-31-23(3)19-24(4)35-33(31)38/h17-19,26-27,29H,8-16,20-21H2,1-7H3,(H,34,37)(H,35,38). The monoisotopic (exact) mass is 537 g/mol. The van der Waals surface area contributed by atoms with E-state index in [2.05, 4.69) is 49.1 Å². The average Bonchev–Trinajstić information content (AvgIpc) is 2.90. The van der Waals surface area contributed by atoms with E-state index in [9.17, 15) is 9.59 Å². The van der Waals surface area contributed by atoms with Crippen molar-refractivity contribution in [1.29, 1.82) is 0 Å².